The van der Waals surface area contributed by atoms with Crippen LogP contribution in [0.15, 0.2) is 12.1 Å². The normalized spacial score (nSPS) is 12.6. The Morgan fingerprint density at radius 1 is 1.25 bits per heavy atom. The largest absolute Gasteiger partial charge is 0.493 e. The molecular weight excluding hydrogens is 245 g/mol. The second-order valence-corrected chi connectivity index (χ2v) is 4.45. The molecule has 1 unspecified atom stereocenters. The van der Waals surface area contributed by atoms with Gasteiger partial charge in [0.1, 0.15) is 5.75 Å². The van der Waals surface area contributed by atoms with Crippen molar-refractivity contribution in [3.63, 3.8) is 0 Å². The number of rotatable bonds is 5. The highest BCUT2D eigenvalue weighted by Gasteiger charge is 2.14. The summed E-state index contributed by atoms with van der Waals surface area (Å²) < 4.78 is 5.52. The van der Waals surface area contributed by atoms with Gasteiger partial charge < -0.3 is 10.5 Å². The third-order valence-corrected chi connectivity index (χ3v) is 3.07. The van der Waals surface area contributed by atoms with Gasteiger partial charge in [-0.2, -0.15) is 0 Å². The van der Waals surface area contributed by atoms with Crippen LogP contribution in [0.3, 0.4) is 0 Å². The molecule has 0 aliphatic heterocycles. The highest BCUT2D eigenvalue weighted by molar-refractivity contribution is 6.42. The van der Waals surface area contributed by atoms with Gasteiger partial charge in [0.2, 0.25) is 0 Å². The van der Waals surface area contributed by atoms with Crippen LogP contribution in [0.4, 0.5) is 0 Å². The zero-order valence-corrected chi connectivity index (χ0v) is 11.1. The van der Waals surface area contributed by atoms with Gasteiger partial charge in [-0.3, -0.25) is 0 Å². The molecule has 1 atom stereocenters. The molecule has 2 N–H and O–H groups in total. The molecule has 0 radical (unpaired) electrons. The third-order valence-electron chi connectivity index (χ3n) is 2.35. The average Bonchev–Trinajstić information content (AvgIpc) is 2.23. The van der Waals surface area contributed by atoms with Crippen molar-refractivity contribution in [3.8, 4) is 5.75 Å². The molecule has 16 heavy (non-hydrogen) atoms. The number of hydrogen-bond donors (Lipinski definition) is 1. The zero-order valence-electron chi connectivity index (χ0n) is 9.59. The first kappa shape index (κ1) is 13.6. The van der Waals surface area contributed by atoms with Crippen molar-refractivity contribution in [3.05, 3.63) is 27.7 Å². The van der Waals surface area contributed by atoms with Gasteiger partial charge in [0.05, 0.1) is 16.7 Å². The fourth-order valence-electron chi connectivity index (χ4n) is 1.58. The summed E-state index contributed by atoms with van der Waals surface area (Å²) in [5, 5.41) is 1.02. The molecule has 0 aliphatic carbocycles. The highest BCUT2D eigenvalue weighted by atomic mass is 35.5. The van der Waals surface area contributed by atoms with Crippen molar-refractivity contribution >= 4 is 23.2 Å². The maximum atomic E-state index is 6.07. The van der Waals surface area contributed by atoms with E-state index in [4.69, 9.17) is 33.7 Å². The molecular formula is C12H17Cl2NO. The smallest absolute Gasteiger partial charge is 0.125 e. The van der Waals surface area contributed by atoms with Crippen molar-refractivity contribution in [2.24, 2.45) is 5.73 Å². The van der Waals surface area contributed by atoms with Crippen LogP contribution in [0.1, 0.15) is 38.3 Å². The van der Waals surface area contributed by atoms with E-state index in [2.05, 4.69) is 6.92 Å². The van der Waals surface area contributed by atoms with Crippen LogP contribution in [0.2, 0.25) is 10.0 Å². The van der Waals surface area contributed by atoms with Crippen molar-refractivity contribution in [2.75, 3.05) is 6.61 Å². The van der Waals surface area contributed by atoms with Gasteiger partial charge in [0, 0.05) is 17.7 Å². The van der Waals surface area contributed by atoms with E-state index < -0.39 is 0 Å². The molecule has 2 nitrogen and oxygen atoms in total. The molecule has 0 fully saturated rings. The van der Waals surface area contributed by atoms with Gasteiger partial charge in [0.25, 0.3) is 0 Å². The second kappa shape index (κ2) is 6.33. The summed E-state index contributed by atoms with van der Waals surface area (Å²) in [6, 6.07) is 3.48. The summed E-state index contributed by atoms with van der Waals surface area (Å²) in [5.41, 5.74) is 7.00. The minimum atomic E-state index is -0.0543. The number of benzene rings is 1. The lowest BCUT2D eigenvalue weighted by atomic mass is 10.0. The van der Waals surface area contributed by atoms with Crippen molar-refractivity contribution in [1.82, 2.24) is 0 Å². The van der Waals surface area contributed by atoms with E-state index in [1.165, 1.54) is 0 Å². The highest BCUT2D eigenvalue weighted by Crippen LogP contribution is 2.34. The van der Waals surface area contributed by atoms with Gasteiger partial charge in [-0.05, 0) is 19.4 Å². The summed E-state index contributed by atoms with van der Waals surface area (Å²) in [4.78, 5) is 0. The fraction of sp³-hybridized carbons (Fsp3) is 0.500. The topological polar surface area (TPSA) is 35.2 Å². The molecule has 0 aliphatic rings. The monoisotopic (exact) mass is 261 g/mol. The van der Waals surface area contributed by atoms with Crippen LogP contribution in [0.5, 0.6) is 5.75 Å². The van der Waals surface area contributed by atoms with E-state index in [9.17, 15) is 0 Å². The van der Waals surface area contributed by atoms with Gasteiger partial charge in [-0.25, -0.2) is 0 Å². The summed E-state index contributed by atoms with van der Waals surface area (Å²) >= 11 is 11.9. The predicted molar refractivity (Wildman–Crippen MR) is 69.5 cm³/mol. The van der Waals surface area contributed by atoms with Crippen LogP contribution in [0, 0.1) is 0 Å². The van der Waals surface area contributed by atoms with Crippen LogP contribution < -0.4 is 10.5 Å². The van der Waals surface area contributed by atoms with E-state index in [1.807, 2.05) is 6.92 Å². The summed E-state index contributed by atoms with van der Waals surface area (Å²) in [5.74, 6) is 0.734. The van der Waals surface area contributed by atoms with Gasteiger partial charge >= 0.3 is 0 Å². The van der Waals surface area contributed by atoms with Gasteiger partial charge in [0.15, 0.2) is 0 Å². The number of ether oxygens (including phenoxy) is 1. The first-order valence-corrected chi connectivity index (χ1v) is 6.23. The van der Waals surface area contributed by atoms with E-state index in [0.717, 1.165) is 24.2 Å². The maximum absolute atomic E-state index is 6.07. The fourth-order valence-corrected chi connectivity index (χ4v) is 1.91. The Balaban J connectivity index is 3.08. The minimum Gasteiger partial charge on any atom is -0.493 e. The molecule has 0 saturated heterocycles. The third kappa shape index (κ3) is 3.27. The molecule has 0 heterocycles. The molecule has 1 rings (SSSR count). The first-order valence-electron chi connectivity index (χ1n) is 5.47. The Kier molecular flexibility index (Phi) is 5.39. The van der Waals surface area contributed by atoms with Crippen LogP contribution in [-0.4, -0.2) is 6.61 Å². The van der Waals surface area contributed by atoms with E-state index >= 15 is 0 Å². The Hall–Kier alpha value is -0.440. The molecule has 0 spiro atoms. The van der Waals surface area contributed by atoms with Crippen LogP contribution in [-0.2, 0) is 0 Å². The van der Waals surface area contributed by atoms with Gasteiger partial charge in [-0.1, -0.05) is 36.5 Å². The molecule has 0 aromatic heterocycles. The predicted octanol–water partition coefficient (Wildman–Crippen LogP) is 4.19. The maximum Gasteiger partial charge on any atom is 0.125 e. The SMILES string of the molecule is CCCC(N)c1cc(Cl)c(Cl)cc1OCC. The van der Waals surface area contributed by atoms with Crippen LogP contribution in [0.25, 0.3) is 0 Å². The van der Waals surface area contributed by atoms with Crippen molar-refractivity contribution in [1.29, 1.82) is 0 Å². The molecule has 1 aromatic carbocycles. The molecule has 1 aromatic rings. The number of hydrogen-bond acceptors (Lipinski definition) is 2. The second-order valence-electron chi connectivity index (χ2n) is 3.63. The van der Waals surface area contributed by atoms with E-state index in [1.54, 1.807) is 12.1 Å². The first-order chi connectivity index (χ1) is 7.60. The Morgan fingerprint density at radius 2 is 1.88 bits per heavy atom. The standard InChI is InChI=1S/C12H17Cl2NO/c1-3-5-11(15)8-6-9(13)10(14)7-12(8)16-4-2/h6-7,11H,3-5,15H2,1-2H3. The molecule has 90 valence electrons. The molecule has 4 heteroatoms. The van der Waals surface area contributed by atoms with Gasteiger partial charge in [-0.15, -0.1) is 0 Å². The summed E-state index contributed by atoms with van der Waals surface area (Å²) in [6.07, 6.45) is 1.92. The molecule has 0 bridgehead atoms. The molecule has 0 saturated carbocycles. The summed E-state index contributed by atoms with van der Waals surface area (Å²) in [6.45, 7) is 4.61. The Bertz CT molecular complexity index is 355. The minimum absolute atomic E-state index is 0.0543. The molecule has 0 amide bonds. The van der Waals surface area contributed by atoms with Crippen molar-refractivity contribution < 1.29 is 4.74 Å². The Morgan fingerprint density at radius 3 is 2.44 bits per heavy atom. The Labute approximate surface area is 107 Å². The zero-order chi connectivity index (χ0) is 12.1. The number of nitrogens with two attached hydrogens (primary N) is 1. The lowest BCUT2D eigenvalue weighted by Gasteiger charge is -2.17. The van der Waals surface area contributed by atoms with Crippen LogP contribution >= 0.6 is 23.2 Å². The van der Waals surface area contributed by atoms with E-state index in [-0.39, 0.29) is 6.04 Å². The van der Waals surface area contributed by atoms with Crippen molar-refractivity contribution in [2.45, 2.75) is 32.7 Å². The lowest BCUT2D eigenvalue weighted by molar-refractivity contribution is 0.333. The van der Waals surface area contributed by atoms with E-state index in [0.29, 0.717) is 16.7 Å². The number of halogens is 2. The summed E-state index contributed by atoms with van der Waals surface area (Å²) in [7, 11) is 0. The lowest BCUT2D eigenvalue weighted by Crippen LogP contribution is -2.12. The quantitative estimate of drug-likeness (QED) is 0.863. The average molecular weight is 262 g/mol.